The lowest BCUT2D eigenvalue weighted by Gasteiger charge is -2.07. The molecule has 0 fully saturated rings. The molecule has 4 aromatic rings. The largest absolute Gasteiger partial charge is 0.350 e. The third-order valence-electron chi connectivity index (χ3n) is 4.76. The van der Waals surface area contributed by atoms with Crippen LogP contribution < -0.4 is 10.6 Å². The predicted octanol–water partition coefficient (Wildman–Crippen LogP) is 4.83. The molecule has 0 saturated heterocycles. The third-order valence-corrected chi connectivity index (χ3v) is 4.76. The van der Waals surface area contributed by atoms with Gasteiger partial charge in [-0.3, -0.25) is 9.59 Å². The lowest BCUT2D eigenvalue weighted by atomic mass is 10.1. The number of hydrogen-bond acceptors (Lipinski definition) is 4. The summed E-state index contributed by atoms with van der Waals surface area (Å²) in [6.07, 6.45) is 0. The van der Waals surface area contributed by atoms with Crippen molar-refractivity contribution in [3.05, 3.63) is 107 Å². The fourth-order valence-corrected chi connectivity index (χ4v) is 3.06. The van der Waals surface area contributed by atoms with Gasteiger partial charge in [0, 0.05) is 29.4 Å². The molecule has 0 bridgehead atoms. The van der Waals surface area contributed by atoms with Gasteiger partial charge < -0.3 is 15.2 Å². The molecular weight excluding hydrogens is 390 g/mol. The molecule has 0 saturated carbocycles. The number of carbonyl (C=O) groups excluding carboxylic acids is 2. The predicted molar refractivity (Wildman–Crippen MR) is 119 cm³/mol. The van der Waals surface area contributed by atoms with Gasteiger partial charge in [-0.1, -0.05) is 65.3 Å². The first kappa shape index (κ1) is 20.1. The van der Waals surface area contributed by atoms with E-state index in [1.807, 2.05) is 67.6 Å². The zero-order valence-electron chi connectivity index (χ0n) is 17.0. The topological polar surface area (TPSA) is 84.2 Å². The van der Waals surface area contributed by atoms with E-state index in [0.717, 1.165) is 22.4 Å². The van der Waals surface area contributed by atoms with Crippen LogP contribution in [0, 0.1) is 6.92 Å². The molecule has 0 atom stereocenters. The molecule has 31 heavy (non-hydrogen) atoms. The van der Waals surface area contributed by atoms with Crippen molar-refractivity contribution >= 4 is 17.5 Å². The minimum atomic E-state index is -0.370. The Labute approximate surface area is 179 Å². The zero-order chi connectivity index (χ0) is 21.6. The van der Waals surface area contributed by atoms with Crippen LogP contribution in [0.4, 0.5) is 5.69 Å². The Hall–Kier alpha value is -4.19. The van der Waals surface area contributed by atoms with Gasteiger partial charge in [-0.15, -0.1) is 0 Å². The highest BCUT2D eigenvalue weighted by atomic mass is 16.5. The average Bonchev–Trinajstić information content (AvgIpc) is 3.29. The Kier molecular flexibility index (Phi) is 5.89. The summed E-state index contributed by atoms with van der Waals surface area (Å²) in [6, 6.07) is 25.8. The van der Waals surface area contributed by atoms with Crippen LogP contribution in [0.5, 0.6) is 0 Å². The molecule has 0 aliphatic carbocycles. The van der Waals surface area contributed by atoms with E-state index in [-0.39, 0.29) is 24.1 Å². The molecule has 6 nitrogen and oxygen atoms in total. The Bertz CT molecular complexity index is 1200. The van der Waals surface area contributed by atoms with Gasteiger partial charge in [-0.2, -0.15) is 0 Å². The summed E-state index contributed by atoms with van der Waals surface area (Å²) in [5.74, 6) is -0.448. The highest BCUT2D eigenvalue weighted by molar-refractivity contribution is 6.04. The maximum Gasteiger partial charge on any atom is 0.290 e. The van der Waals surface area contributed by atoms with E-state index in [9.17, 15) is 9.59 Å². The smallest absolute Gasteiger partial charge is 0.290 e. The van der Waals surface area contributed by atoms with E-state index in [4.69, 9.17) is 4.52 Å². The third kappa shape index (κ3) is 5.05. The number of aromatic nitrogens is 1. The van der Waals surface area contributed by atoms with Crippen LogP contribution in [0.25, 0.3) is 11.3 Å². The second kappa shape index (κ2) is 9.09. The van der Waals surface area contributed by atoms with Crippen LogP contribution in [-0.4, -0.2) is 17.0 Å². The molecule has 3 aromatic carbocycles. The molecular formula is C25H21N3O3. The van der Waals surface area contributed by atoms with Crippen molar-refractivity contribution in [2.75, 3.05) is 5.32 Å². The Morgan fingerprint density at radius 2 is 1.65 bits per heavy atom. The molecule has 0 aliphatic rings. The number of rotatable bonds is 6. The number of anilines is 1. The van der Waals surface area contributed by atoms with Gasteiger partial charge in [0.15, 0.2) is 0 Å². The summed E-state index contributed by atoms with van der Waals surface area (Å²) in [4.78, 5) is 24.9. The first-order valence-electron chi connectivity index (χ1n) is 9.86. The van der Waals surface area contributed by atoms with Crippen molar-refractivity contribution in [2.45, 2.75) is 13.5 Å². The van der Waals surface area contributed by atoms with E-state index >= 15 is 0 Å². The van der Waals surface area contributed by atoms with Gasteiger partial charge in [-0.25, -0.2) is 0 Å². The number of carbonyl (C=O) groups is 2. The fraction of sp³-hybridized carbons (Fsp3) is 0.0800. The molecule has 1 heterocycles. The number of amides is 2. The van der Waals surface area contributed by atoms with Gasteiger partial charge in [0.05, 0.1) is 0 Å². The Morgan fingerprint density at radius 3 is 2.42 bits per heavy atom. The molecule has 2 N–H and O–H groups in total. The van der Waals surface area contributed by atoms with Gasteiger partial charge >= 0.3 is 0 Å². The zero-order valence-corrected chi connectivity index (χ0v) is 17.0. The highest BCUT2D eigenvalue weighted by Crippen LogP contribution is 2.19. The molecule has 154 valence electrons. The molecule has 4 rings (SSSR count). The van der Waals surface area contributed by atoms with Gasteiger partial charge in [0.25, 0.3) is 11.8 Å². The van der Waals surface area contributed by atoms with Crippen molar-refractivity contribution in [3.63, 3.8) is 0 Å². The SMILES string of the molecule is Cc1ccc(-c2cc(C(=O)NCc3cccc(C(=O)Nc4ccccc4)c3)on2)cc1. The molecule has 6 heteroatoms. The van der Waals surface area contributed by atoms with E-state index in [2.05, 4.69) is 15.8 Å². The van der Waals surface area contributed by atoms with Crippen LogP contribution in [0.15, 0.2) is 89.5 Å². The molecule has 0 aliphatic heterocycles. The van der Waals surface area contributed by atoms with Crippen LogP contribution in [0.2, 0.25) is 0 Å². The van der Waals surface area contributed by atoms with Crippen molar-refractivity contribution in [1.82, 2.24) is 10.5 Å². The minimum Gasteiger partial charge on any atom is -0.350 e. The molecule has 0 unspecified atom stereocenters. The first-order chi connectivity index (χ1) is 15.1. The van der Waals surface area contributed by atoms with Gasteiger partial charge in [-0.05, 0) is 36.8 Å². The van der Waals surface area contributed by atoms with E-state index in [1.165, 1.54) is 0 Å². The molecule has 0 spiro atoms. The summed E-state index contributed by atoms with van der Waals surface area (Å²) >= 11 is 0. The maximum atomic E-state index is 12.5. The number of benzene rings is 3. The van der Waals surface area contributed by atoms with Crippen LogP contribution >= 0.6 is 0 Å². The number of aryl methyl sites for hydroxylation is 1. The summed E-state index contributed by atoms with van der Waals surface area (Å²) < 4.78 is 5.20. The number of nitrogens with zero attached hydrogens (tertiary/aromatic N) is 1. The maximum absolute atomic E-state index is 12.5. The van der Waals surface area contributed by atoms with Crippen molar-refractivity contribution in [3.8, 4) is 11.3 Å². The summed E-state index contributed by atoms with van der Waals surface area (Å²) in [5.41, 5.74) is 4.66. The van der Waals surface area contributed by atoms with Crippen molar-refractivity contribution in [1.29, 1.82) is 0 Å². The monoisotopic (exact) mass is 411 g/mol. The van der Waals surface area contributed by atoms with Crippen LogP contribution in [0.3, 0.4) is 0 Å². The van der Waals surface area contributed by atoms with Crippen LogP contribution in [-0.2, 0) is 6.54 Å². The summed E-state index contributed by atoms with van der Waals surface area (Å²) in [5, 5.41) is 9.63. The normalized spacial score (nSPS) is 10.5. The van der Waals surface area contributed by atoms with E-state index < -0.39 is 0 Å². The second-order valence-corrected chi connectivity index (χ2v) is 7.15. The second-order valence-electron chi connectivity index (χ2n) is 7.15. The average molecular weight is 411 g/mol. The van der Waals surface area contributed by atoms with Crippen molar-refractivity contribution < 1.29 is 14.1 Å². The summed E-state index contributed by atoms with van der Waals surface area (Å²) in [6.45, 7) is 2.26. The molecule has 2 amide bonds. The van der Waals surface area contributed by atoms with E-state index in [0.29, 0.717) is 11.3 Å². The molecule has 0 radical (unpaired) electrons. The molecule has 1 aromatic heterocycles. The summed E-state index contributed by atoms with van der Waals surface area (Å²) in [7, 11) is 0. The van der Waals surface area contributed by atoms with Crippen molar-refractivity contribution in [2.24, 2.45) is 0 Å². The van der Waals surface area contributed by atoms with Crippen LogP contribution in [0.1, 0.15) is 32.0 Å². The van der Waals surface area contributed by atoms with E-state index in [1.54, 1.807) is 24.3 Å². The highest BCUT2D eigenvalue weighted by Gasteiger charge is 2.14. The number of hydrogen-bond donors (Lipinski definition) is 2. The number of para-hydroxylation sites is 1. The standard InChI is InChI=1S/C25H21N3O3/c1-17-10-12-19(13-11-17)22-15-23(31-28-22)25(30)26-16-18-6-5-7-20(14-18)24(29)27-21-8-3-2-4-9-21/h2-15H,16H2,1H3,(H,26,30)(H,27,29). The van der Waals surface area contributed by atoms with Gasteiger partial charge in [0.2, 0.25) is 5.76 Å². The fourth-order valence-electron chi connectivity index (χ4n) is 3.06. The lowest BCUT2D eigenvalue weighted by molar-refractivity contribution is 0.0914. The Morgan fingerprint density at radius 1 is 0.871 bits per heavy atom. The quantitative estimate of drug-likeness (QED) is 0.476. The number of nitrogens with one attached hydrogen (secondary N) is 2. The lowest BCUT2D eigenvalue weighted by Crippen LogP contribution is -2.22. The minimum absolute atomic E-state index is 0.133. The van der Waals surface area contributed by atoms with Gasteiger partial charge in [0.1, 0.15) is 5.69 Å². The first-order valence-corrected chi connectivity index (χ1v) is 9.86. The Balaban J connectivity index is 1.38.